The number of anilines is 3. The molecule has 1 heterocycles. The van der Waals surface area contributed by atoms with Gasteiger partial charge in [-0.1, -0.05) is 24.3 Å². The third-order valence-corrected chi connectivity index (χ3v) is 4.74. The molecule has 2 N–H and O–H groups in total. The van der Waals surface area contributed by atoms with Crippen molar-refractivity contribution in [2.24, 2.45) is 0 Å². The normalized spacial score (nSPS) is 12.8. The third-order valence-electron chi connectivity index (χ3n) is 4.74. The molecule has 0 saturated carbocycles. The van der Waals surface area contributed by atoms with E-state index < -0.39 is 6.09 Å². The van der Waals surface area contributed by atoms with Gasteiger partial charge >= 0.3 is 6.09 Å². The summed E-state index contributed by atoms with van der Waals surface area (Å²) in [6, 6.07) is 13.7. The van der Waals surface area contributed by atoms with Crippen molar-refractivity contribution in [1.82, 2.24) is 0 Å². The molecule has 6 nitrogen and oxygen atoms in total. The lowest BCUT2D eigenvalue weighted by atomic mass is 10.0. The molecular formula is C21H26N3O3+. The number of carbonyl (C=O) groups is 2. The number of quaternary nitrogens is 1. The van der Waals surface area contributed by atoms with Gasteiger partial charge in [-0.2, -0.15) is 0 Å². The van der Waals surface area contributed by atoms with Crippen LogP contribution in [0.25, 0.3) is 0 Å². The summed E-state index contributed by atoms with van der Waals surface area (Å²) in [5, 5.41) is 2.69. The van der Waals surface area contributed by atoms with Gasteiger partial charge in [0.25, 0.3) is 0 Å². The molecule has 27 heavy (non-hydrogen) atoms. The van der Waals surface area contributed by atoms with E-state index in [4.69, 9.17) is 0 Å². The van der Waals surface area contributed by atoms with Crippen molar-refractivity contribution in [2.75, 3.05) is 38.0 Å². The van der Waals surface area contributed by atoms with Crippen molar-refractivity contribution in [3.63, 3.8) is 0 Å². The highest BCUT2D eigenvalue weighted by Gasteiger charge is 2.26. The molecule has 0 spiro atoms. The van der Waals surface area contributed by atoms with Gasteiger partial charge in [0.15, 0.2) is 0 Å². The van der Waals surface area contributed by atoms with E-state index in [2.05, 4.69) is 16.1 Å². The van der Waals surface area contributed by atoms with Crippen molar-refractivity contribution in [2.45, 2.75) is 19.3 Å². The Balaban J connectivity index is 2.04. The summed E-state index contributed by atoms with van der Waals surface area (Å²) in [4.78, 5) is 27.8. The van der Waals surface area contributed by atoms with E-state index in [1.165, 1.54) is 12.0 Å². The van der Waals surface area contributed by atoms with E-state index in [0.717, 1.165) is 41.9 Å². The first-order chi connectivity index (χ1) is 13.0. The molecule has 0 fully saturated rings. The van der Waals surface area contributed by atoms with E-state index in [1.807, 2.05) is 55.4 Å². The number of fused-ring (bicyclic) bond motifs is 2. The van der Waals surface area contributed by atoms with E-state index in [1.54, 1.807) is 0 Å². The molecule has 0 unspecified atom stereocenters. The Morgan fingerprint density at radius 3 is 2.48 bits per heavy atom. The smallest absolute Gasteiger partial charge is 0.411 e. The number of hydrogen-bond donors (Lipinski definition) is 2. The second-order valence-electron chi connectivity index (χ2n) is 7.03. The summed E-state index contributed by atoms with van der Waals surface area (Å²) in [6.45, 7) is 0.757. The number of nitrogens with zero attached hydrogens (tertiary/aromatic N) is 1. The average Bonchev–Trinajstić information content (AvgIpc) is 2.82. The maximum absolute atomic E-state index is 13.2. The van der Waals surface area contributed by atoms with Gasteiger partial charge < -0.3 is 9.64 Å². The minimum Gasteiger partial charge on any atom is -0.453 e. The number of ether oxygens (including phenoxy) is 1. The maximum Gasteiger partial charge on any atom is 0.411 e. The Morgan fingerprint density at radius 1 is 1.07 bits per heavy atom. The van der Waals surface area contributed by atoms with Gasteiger partial charge in [-0.05, 0) is 42.2 Å². The zero-order valence-corrected chi connectivity index (χ0v) is 16.0. The van der Waals surface area contributed by atoms with Crippen LogP contribution in [0.3, 0.4) is 0 Å². The fourth-order valence-corrected chi connectivity index (χ4v) is 3.31. The number of aryl methyl sites for hydroxylation is 2. The number of amides is 2. The van der Waals surface area contributed by atoms with Crippen molar-refractivity contribution < 1.29 is 19.2 Å². The van der Waals surface area contributed by atoms with Crippen molar-refractivity contribution in [1.29, 1.82) is 0 Å². The molecule has 2 aromatic carbocycles. The van der Waals surface area contributed by atoms with E-state index in [-0.39, 0.29) is 5.91 Å². The molecule has 0 saturated heterocycles. The Hall–Kier alpha value is -2.86. The summed E-state index contributed by atoms with van der Waals surface area (Å²) in [7, 11) is 5.40. The van der Waals surface area contributed by atoms with Crippen LogP contribution < -0.4 is 15.1 Å². The summed E-state index contributed by atoms with van der Waals surface area (Å²) >= 11 is 0. The summed E-state index contributed by atoms with van der Waals surface area (Å²) in [5.74, 6) is 0.0574. The summed E-state index contributed by atoms with van der Waals surface area (Å²) in [5.41, 5.74) is 4.60. The van der Waals surface area contributed by atoms with Gasteiger partial charge in [0.1, 0.15) is 0 Å². The lowest BCUT2D eigenvalue weighted by molar-refractivity contribution is -0.857. The zero-order valence-electron chi connectivity index (χ0n) is 16.0. The van der Waals surface area contributed by atoms with E-state index in [9.17, 15) is 9.59 Å². The molecular weight excluding hydrogens is 342 g/mol. The fourth-order valence-electron chi connectivity index (χ4n) is 3.31. The SMILES string of the molecule is COC(=O)Nc1ccc2c(c1)N(C(=O)CC[NH+](C)C)c1ccccc1CC2. The topological polar surface area (TPSA) is 63.1 Å². The molecule has 2 aromatic rings. The number of rotatable bonds is 4. The molecule has 6 heteroatoms. The Bertz CT molecular complexity index is 848. The van der Waals surface area contributed by atoms with Crippen LogP contribution in [-0.4, -0.2) is 39.8 Å². The Labute approximate surface area is 159 Å². The lowest BCUT2D eigenvalue weighted by Gasteiger charge is -2.26. The number of benzene rings is 2. The first-order valence-corrected chi connectivity index (χ1v) is 9.17. The monoisotopic (exact) mass is 368 g/mol. The number of methoxy groups -OCH3 is 1. The van der Waals surface area contributed by atoms with Crippen LogP contribution in [0.2, 0.25) is 0 Å². The molecule has 0 bridgehead atoms. The Morgan fingerprint density at radius 2 is 1.78 bits per heavy atom. The fraction of sp³-hybridized carbons (Fsp3) is 0.333. The van der Waals surface area contributed by atoms with Gasteiger partial charge in [0, 0.05) is 5.69 Å². The summed E-state index contributed by atoms with van der Waals surface area (Å²) < 4.78 is 4.69. The van der Waals surface area contributed by atoms with Crippen LogP contribution in [0.1, 0.15) is 17.5 Å². The highest BCUT2D eigenvalue weighted by Crippen LogP contribution is 2.37. The van der Waals surface area contributed by atoms with Crippen LogP contribution in [-0.2, 0) is 22.4 Å². The molecule has 0 radical (unpaired) electrons. The molecule has 142 valence electrons. The Kier molecular flexibility index (Phi) is 5.76. The van der Waals surface area contributed by atoms with E-state index in [0.29, 0.717) is 12.1 Å². The number of hydrogen-bond acceptors (Lipinski definition) is 3. The first kappa shape index (κ1) is 18.9. The number of nitrogens with one attached hydrogen (secondary N) is 2. The second-order valence-corrected chi connectivity index (χ2v) is 7.03. The van der Waals surface area contributed by atoms with Gasteiger partial charge in [-0.3, -0.25) is 15.0 Å². The predicted octanol–water partition coefficient (Wildman–Crippen LogP) is 2.16. The average molecular weight is 368 g/mol. The van der Waals surface area contributed by atoms with Gasteiger partial charge in [-0.25, -0.2) is 4.79 Å². The first-order valence-electron chi connectivity index (χ1n) is 9.17. The number of carbonyl (C=O) groups excluding carboxylic acids is 2. The van der Waals surface area contributed by atoms with Crippen LogP contribution in [0.4, 0.5) is 21.9 Å². The van der Waals surface area contributed by atoms with Crippen molar-refractivity contribution in [3.8, 4) is 0 Å². The standard InChI is InChI=1S/C21H25N3O3/c1-23(2)13-12-20(25)24-18-7-5-4-6-15(18)8-9-16-10-11-17(14-19(16)24)22-21(26)27-3/h4-7,10-11,14H,8-9,12-13H2,1-3H3,(H,22,26)/p+1. The lowest BCUT2D eigenvalue weighted by Crippen LogP contribution is -3.05. The largest absolute Gasteiger partial charge is 0.453 e. The molecule has 0 aromatic heterocycles. The molecule has 1 aliphatic heterocycles. The van der Waals surface area contributed by atoms with Crippen LogP contribution in [0.5, 0.6) is 0 Å². The van der Waals surface area contributed by atoms with Gasteiger partial charge in [0.05, 0.1) is 45.5 Å². The number of para-hydroxylation sites is 1. The zero-order chi connectivity index (χ0) is 19.4. The minimum absolute atomic E-state index is 0.0574. The molecule has 3 rings (SSSR count). The minimum atomic E-state index is -0.530. The van der Waals surface area contributed by atoms with E-state index >= 15 is 0 Å². The molecule has 0 atom stereocenters. The van der Waals surface area contributed by atoms with Crippen molar-refractivity contribution >= 4 is 29.1 Å². The maximum atomic E-state index is 13.2. The van der Waals surface area contributed by atoms with Crippen LogP contribution in [0, 0.1) is 0 Å². The summed E-state index contributed by atoms with van der Waals surface area (Å²) in [6.07, 6.45) is 1.63. The third kappa shape index (κ3) is 4.28. The predicted molar refractivity (Wildman–Crippen MR) is 106 cm³/mol. The highest BCUT2D eigenvalue weighted by molar-refractivity contribution is 6.03. The molecule has 1 aliphatic rings. The quantitative estimate of drug-likeness (QED) is 0.869. The highest BCUT2D eigenvalue weighted by atomic mass is 16.5. The van der Waals surface area contributed by atoms with Crippen LogP contribution in [0.15, 0.2) is 42.5 Å². The van der Waals surface area contributed by atoms with Crippen molar-refractivity contribution in [3.05, 3.63) is 53.6 Å². The second kappa shape index (κ2) is 8.22. The van der Waals surface area contributed by atoms with Gasteiger partial charge in [-0.15, -0.1) is 0 Å². The molecule has 2 amide bonds. The van der Waals surface area contributed by atoms with Crippen LogP contribution >= 0.6 is 0 Å². The van der Waals surface area contributed by atoms with Gasteiger partial charge in [0.2, 0.25) is 5.91 Å². The molecule has 0 aliphatic carbocycles.